The zero-order valence-corrected chi connectivity index (χ0v) is 17.9. The molecule has 0 saturated carbocycles. The number of nitrogens with one attached hydrogen (secondary N) is 2. The molecule has 0 saturated heterocycles. The van der Waals surface area contributed by atoms with Crippen molar-refractivity contribution in [3.05, 3.63) is 47.9 Å². The molecule has 2 rings (SSSR count). The maximum atomic E-state index is 5.54. The van der Waals surface area contributed by atoms with Crippen LogP contribution in [-0.4, -0.2) is 32.8 Å². The molecule has 0 aliphatic heterocycles. The monoisotopic (exact) mass is 473 g/mol. The third-order valence-corrected chi connectivity index (χ3v) is 3.54. The minimum absolute atomic E-state index is 0. The molecule has 2 aromatic rings. The lowest BCUT2D eigenvalue weighted by atomic mass is 10.2. The molecular weight excluding hydrogens is 445 g/mol. The molecule has 7 heteroatoms. The zero-order valence-electron chi connectivity index (χ0n) is 15.6. The van der Waals surface area contributed by atoms with Gasteiger partial charge in [0.05, 0.1) is 26.5 Å². The number of guanidine groups is 1. The summed E-state index contributed by atoms with van der Waals surface area (Å²) in [5.74, 6) is 3.22. The summed E-state index contributed by atoms with van der Waals surface area (Å²) in [6.07, 6.45) is 2.50. The van der Waals surface area contributed by atoms with E-state index in [0.29, 0.717) is 13.2 Å². The number of furan rings is 1. The number of rotatable bonds is 9. The van der Waals surface area contributed by atoms with E-state index in [1.165, 1.54) is 0 Å². The molecule has 144 valence electrons. The van der Waals surface area contributed by atoms with Crippen LogP contribution in [0.25, 0.3) is 0 Å². The van der Waals surface area contributed by atoms with Crippen LogP contribution >= 0.6 is 24.0 Å². The maximum absolute atomic E-state index is 5.54. The van der Waals surface area contributed by atoms with Crippen LogP contribution in [0.1, 0.15) is 25.2 Å². The Morgan fingerprint density at radius 2 is 2.00 bits per heavy atom. The second-order valence-electron chi connectivity index (χ2n) is 5.37. The summed E-state index contributed by atoms with van der Waals surface area (Å²) >= 11 is 0. The molecule has 0 aliphatic rings. The lowest BCUT2D eigenvalue weighted by molar-refractivity contribution is 0.310. The third-order valence-electron chi connectivity index (χ3n) is 3.54. The molecule has 0 radical (unpaired) electrons. The number of ether oxygens (including phenoxy) is 2. The van der Waals surface area contributed by atoms with Crippen LogP contribution in [0.5, 0.6) is 11.5 Å². The van der Waals surface area contributed by atoms with E-state index in [1.54, 1.807) is 13.4 Å². The Hall–Kier alpha value is -1.90. The average molecular weight is 473 g/mol. The summed E-state index contributed by atoms with van der Waals surface area (Å²) in [4.78, 5) is 4.62. The first-order chi connectivity index (χ1) is 12.3. The molecule has 1 aromatic carbocycles. The predicted octanol–water partition coefficient (Wildman–Crippen LogP) is 3.60. The van der Waals surface area contributed by atoms with Crippen LogP contribution < -0.4 is 20.1 Å². The van der Waals surface area contributed by atoms with Crippen LogP contribution in [-0.2, 0) is 13.0 Å². The van der Waals surface area contributed by atoms with Gasteiger partial charge in [-0.1, -0.05) is 6.07 Å². The molecule has 0 spiro atoms. The third kappa shape index (κ3) is 7.15. The molecule has 0 unspecified atom stereocenters. The van der Waals surface area contributed by atoms with Gasteiger partial charge in [0.15, 0.2) is 17.5 Å². The van der Waals surface area contributed by atoms with Crippen molar-refractivity contribution in [3.63, 3.8) is 0 Å². The summed E-state index contributed by atoms with van der Waals surface area (Å²) in [5.41, 5.74) is 1.06. The highest BCUT2D eigenvalue weighted by Gasteiger charge is 2.05. The van der Waals surface area contributed by atoms with E-state index >= 15 is 0 Å². The van der Waals surface area contributed by atoms with E-state index in [-0.39, 0.29) is 24.0 Å². The Labute approximate surface area is 172 Å². The highest BCUT2D eigenvalue weighted by atomic mass is 127. The van der Waals surface area contributed by atoms with Crippen molar-refractivity contribution in [2.24, 2.45) is 4.99 Å². The van der Waals surface area contributed by atoms with Crippen molar-refractivity contribution in [2.45, 2.75) is 26.8 Å². The summed E-state index contributed by atoms with van der Waals surface area (Å²) in [7, 11) is 1.64. The molecule has 1 heterocycles. The number of aliphatic imine (C=N–C) groups is 1. The Morgan fingerprint density at radius 3 is 2.65 bits per heavy atom. The van der Waals surface area contributed by atoms with Gasteiger partial charge in [-0.25, -0.2) is 4.99 Å². The Morgan fingerprint density at radius 1 is 1.15 bits per heavy atom. The van der Waals surface area contributed by atoms with E-state index in [2.05, 4.69) is 15.6 Å². The minimum Gasteiger partial charge on any atom is -0.493 e. The number of methoxy groups -OCH3 is 1. The molecule has 0 bridgehead atoms. The van der Waals surface area contributed by atoms with Gasteiger partial charge in [-0.2, -0.15) is 0 Å². The molecule has 0 amide bonds. The van der Waals surface area contributed by atoms with E-state index in [9.17, 15) is 0 Å². The molecule has 0 atom stereocenters. The smallest absolute Gasteiger partial charge is 0.191 e. The zero-order chi connectivity index (χ0) is 17.9. The fraction of sp³-hybridized carbons (Fsp3) is 0.421. The van der Waals surface area contributed by atoms with Gasteiger partial charge in [-0.15, -0.1) is 24.0 Å². The van der Waals surface area contributed by atoms with Gasteiger partial charge < -0.3 is 24.5 Å². The number of hydrogen-bond donors (Lipinski definition) is 2. The first kappa shape index (κ1) is 22.1. The summed E-state index contributed by atoms with van der Waals surface area (Å²) in [6, 6.07) is 9.75. The molecule has 2 N–H and O–H groups in total. The van der Waals surface area contributed by atoms with Gasteiger partial charge in [0.25, 0.3) is 0 Å². The van der Waals surface area contributed by atoms with Crippen molar-refractivity contribution >= 4 is 29.9 Å². The number of hydrogen-bond acceptors (Lipinski definition) is 4. The average Bonchev–Trinajstić information content (AvgIpc) is 3.14. The Balaban J connectivity index is 0.00000338. The number of halogens is 1. The molecular formula is C19H28IN3O3. The topological polar surface area (TPSA) is 68.0 Å². The fourth-order valence-electron chi connectivity index (χ4n) is 2.36. The largest absolute Gasteiger partial charge is 0.493 e. The van der Waals surface area contributed by atoms with Crippen molar-refractivity contribution in [1.29, 1.82) is 0 Å². The van der Waals surface area contributed by atoms with Gasteiger partial charge in [-0.05, 0) is 43.7 Å². The van der Waals surface area contributed by atoms with Gasteiger partial charge >= 0.3 is 0 Å². The summed E-state index contributed by atoms with van der Waals surface area (Å²) < 4.78 is 16.3. The normalized spacial score (nSPS) is 10.8. The molecule has 6 nitrogen and oxygen atoms in total. The fourth-order valence-corrected chi connectivity index (χ4v) is 2.36. The summed E-state index contributed by atoms with van der Waals surface area (Å²) in [6.45, 7) is 6.72. The first-order valence-corrected chi connectivity index (χ1v) is 8.61. The first-order valence-electron chi connectivity index (χ1n) is 8.61. The number of benzene rings is 1. The lowest BCUT2D eigenvalue weighted by Gasteiger charge is -2.12. The van der Waals surface area contributed by atoms with Crippen molar-refractivity contribution in [3.8, 4) is 11.5 Å². The van der Waals surface area contributed by atoms with E-state index in [4.69, 9.17) is 13.9 Å². The van der Waals surface area contributed by atoms with Gasteiger partial charge in [0.2, 0.25) is 0 Å². The summed E-state index contributed by atoms with van der Waals surface area (Å²) in [5, 5.41) is 6.56. The van der Waals surface area contributed by atoms with Gasteiger partial charge in [0.1, 0.15) is 5.76 Å². The molecule has 0 aliphatic carbocycles. The van der Waals surface area contributed by atoms with E-state index in [0.717, 1.165) is 48.3 Å². The molecule has 1 aromatic heterocycles. The standard InChI is InChI=1S/C19H27N3O3.HI/c1-4-20-19(21-11-10-16-7-6-12-25-16)22-14-15-8-9-17(24-5-2)18(13-15)23-3;/h6-9,12-13H,4-5,10-11,14H2,1-3H3,(H2,20,21,22);1H. The number of nitrogens with zero attached hydrogens (tertiary/aromatic N) is 1. The van der Waals surface area contributed by atoms with Gasteiger partial charge in [0, 0.05) is 19.5 Å². The molecule has 26 heavy (non-hydrogen) atoms. The minimum atomic E-state index is 0. The van der Waals surface area contributed by atoms with Gasteiger partial charge in [-0.3, -0.25) is 0 Å². The highest BCUT2D eigenvalue weighted by Crippen LogP contribution is 2.28. The van der Waals surface area contributed by atoms with Crippen molar-refractivity contribution in [2.75, 3.05) is 26.8 Å². The Kier molecular flexibility index (Phi) is 10.6. The van der Waals surface area contributed by atoms with Crippen LogP contribution in [0.4, 0.5) is 0 Å². The van der Waals surface area contributed by atoms with Crippen molar-refractivity contribution < 1.29 is 13.9 Å². The van der Waals surface area contributed by atoms with Crippen molar-refractivity contribution in [1.82, 2.24) is 10.6 Å². The van der Waals surface area contributed by atoms with Crippen LogP contribution in [0.15, 0.2) is 46.0 Å². The van der Waals surface area contributed by atoms with Crippen LogP contribution in [0.3, 0.4) is 0 Å². The van der Waals surface area contributed by atoms with Crippen LogP contribution in [0.2, 0.25) is 0 Å². The van der Waals surface area contributed by atoms with Crippen LogP contribution in [0, 0.1) is 0 Å². The lowest BCUT2D eigenvalue weighted by Crippen LogP contribution is -2.38. The maximum Gasteiger partial charge on any atom is 0.191 e. The second kappa shape index (κ2) is 12.5. The van der Waals surface area contributed by atoms with E-state index < -0.39 is 0 Å². The highest BCUT2D eigenvalue weighted by molar-refractivity contribution is 14.0. The quantitative estimate of drug-likeness (QED) is 0.331. The second-order valence-corrected chi connectivity index (χ2v) is 5.37. The SMILES string of the molecule is CCNC(=NCc1ccc(OCC)c(OC)c1)NCCc1ccco1.I. The Bertz CT molecular complexity index is 660. The molecule has 0 fully saturated rings. The predicted molar refractivity (Wildman–Crippen MR) is 115 cm³/mol. The van der Waals surface area contributed by atoms with E-state index in [1.807, 2.05) is 44.2 Å².